The van der Waals surface area contributed by atoms with Gasteiger partial charge in [-0.15, -0.1) is 0 Å². The first-order valence-electron chi connectivity index (χ1n) is 7.04. The second kappa shape index (κ2) is 6.38. The van der Waals surface area contributed by atoms with Crippen LogP contribution in [-0.2, 0) is 0 Å². The molecule has 1 amide bonds. The van der Waals surface area contributed by atoms with Crippen molar-refractivity contribution in [3.05, 3.63) is 52.8 Å². The second-order valence-electron chi connectivity index (χ2n) is 5.01. The third kappa shape index (κ3) is 3.30. The van der Waals surface area contributed by atoms with Crippen LogP contribution >= 0.6 is 0 Å². The summed E-state index contributed by atoms with van der Waals surface area (Å²) in [6.45, 7) is 1.10. The second-order valence-corrected chi connectivity index (χ2v) is 5.01. The molecule has 0 bridgehead atoms. The minimum absolute atomic E-state index is 0.143. The molecule has 1 aliphatic rings. The van der Waals surface area contributed by atoms with E-state index in [1.807, 2.05) is 0 Å². The van der Waals surface area contributed by atoms with Crippen molar-refractivity contribution in [2.75, 3.05) is 13.1 Å². The molecule has 1 atom stereocenters. The van der Waals surface area contributed by atoms with Crippen LogP contribution in [0.25, 0.3) is 0 Å². The maximum Gasteiger partial charge on any atom is 0.335 e. The Bertz CT molecular complexity index is 681. The minimum atomic E-state index is -0.474. The largest absolute Gasteiger partial charge is 0.458 e. The van der Waals surface area contributed by atoms with Gasteiger partial charge in [-0.1, -0.05) is 0 Å². The molecule has 0 aromatic carbocycles. The molecule has 1 saturated heterocycles. The molecule has 1 unspecified atom stereocenters. The van der Waals surface area contributed by atoms with Crippen molar-refractivity contribution in [3.8, 4) is 6.01 Å². The zero-order chi connectivity index (χ0) is 15.4. The van der Waals surface area contributed by atoms with Gasteiger partial charge in [-0.3, -0.25) is 4.79 Å². The van der Waals surface area contributed by atoms with Gasteiger partial charge in [0.25, 0.3) is 5.91 Å². The normalized spacial score (nSPS) is 18.0. The fourth-order valence-electron chi connectivity index (χ4n) is 2.38. The van der Waals surface area contributed by atoms with E-state index < -0.39 is 5.63 Å². The highest BCUT2D eigenvalue weighted by molar-refractivity contribution is 5.93. The van der Waals surface area contributed by atoms with Crippen LogP contribution in [0.5, 0.6) is 6.01 Å². The summed E-state index contributed by atoms with van der Waals surface area (Å²) >= 11 is 0. The van der Waals surface area contributed by atoms with Gasteiger partial charge in [-0.05, 0) is 25.0 Å². The quantitative estimate of drug-likeness (QED) is 0.844. The SMILES string of the molecule is O=C(c1ccc(=O)oc1)N1CCCC(Oc2ncccn2)C1. The highest BCUT2D eigenvalue weighted by Crippen LogP contribution is 2.17. The van der Waals surface area contributed by atoms with Crippen molar-refractivity contribution in [3.63, 3.8) is 0 Å². The number of hydrogen-bond donors (Lipinski definition) is 0. The van der Waals surface area contributed by atoms with Gasteiger partial charge in [0.1, 0.15) is 12.4 Å². The maximum absolute atomic E-state index is 12.4. The van der Waals surface area contributed by atoms with Gasteiger partial charge < -0.3 is 14.1 Å². The summed E-state index contributed by atoms with van der Waals surface area (Å²) in [6, 6.07) is 4.74. The van der Waals surface area contributed by atoms with Gasteiger partial charge in [0.05, 0.1) is 12.1 Å². The molecule has 3 rings (SSSR count). The molecule has 2 aromatic rings. The smallest absolute Gasteiger partial charge is 0.335 e. The molecule has 0 aliphatic carbocycles. The van der Waals surface area contributed by atoms with Gasteiger partial charge in [0.15, 0.2) is 0 Å². The van der Waals surface area contributed by atoms with E-state index in [1.165, 1.54) is 18.4 Å². The van der Waals surface area contributed by atoms with Gasteiger partial charge >= 0.3 is 11.6 Å². The number of rotatable bonds is 3. The molecule has 2 aromatic heterocycles. The number of hydrogen-bond acceptors (Lipinski definition) is 6. The number of aromatic nitrogens is 2. The van der Waals surface area contributed by atoms with E-state index in [1.54, 1.807) is 23.4 Å². The summed E-state index contributed by atoms with van der Waals surface area (Å²) in [5.41, 5.74) is -0.117. The first kappa shape index (κ1) is 14.2. The molecule has 0 saturated carbocycles. The Kier molecular flexibility index (Phi) is 4.13. The van der Waals surface area contributed by atoms with Crippen LogP contribution < -0.4 is 10.4 Å². The number of nitrogens with zero attached hydrogens (tertiary/aromatic N) is 3. The molecule has 0 spiro atoms. The topological polar surface area (TPSA) is 85.5 Å². The third-order valence-corrected chi connectivity index (χ3v) is 3.43. The molecule has 7 nitrogen and oxygen atoms in total. The molecule has 3 heterocycles. The van der Waals surface area contributed by atoms with Crippen LogP contribution in [0.2, 0.25) is 0 Å². The monoisotopic (exact) mass is 301 g/mol. The Balaban J connectivity index is 1.66. The lowest BCUT2D eigenvalue weighted by Crippen LogP contribution is -2.44. The fraction of sp³-hybridized carbons (Fsp3) is 0.333. The number of ether oxygens (including phenoxy) is 1. The maximum atomic E-state index is 12.4. The van der Waals surface area contributed by atoms with Gasteiger partial charge in [0, 0.05) is 25.0 Å². The standard InChI is InChI=1S/C15H15N3O4/c19-13-5-4-11(10-21-13)14(20)18-8-1-3-12(9-18)22-15-16-6-2-7-17-15/h2,4-7,10,12H,1,3,8-9H2. The predicted molar refractivity (Wildman–Crippen MR) is 76.6 cm³/mol. The number of carbonyl (C=O) groups is 1. The Labute approximate surface area is 126 Å². The number of amides is 1. The zero-order valence-corrected chi connectivity index (χ0v) is 11.8. The van der Waals surface area contributed by atoms with Gasteiger partial charge in [0.2, 0.25) is 0 Å². The van der Waals surface area contributed by atoms with Crippen molar-refractivity contribution in [1.29, 1.82) is 0 Å². The van der Waals surface area contributed by atoms with E-state index in [0.29, 0.717) is 24.7 Å². The van der Waals surface area contributed by atoms with Crippen LogP contribution in [0.4, 0.5) is 0 Å². The van der Waals surface area contributed by atoms with Crippen LogP contribution in [0, 0.1) is 0 Å². The zero-order valence-electron chi connectivity index (χ0n) is 11.8. The molecule has 7 heteroatoms. The summed E-state index contributed by atoms with van der Waals surface area (Å²) in [6.07, 6.45) is 5.94. The summed E-state index contributed by atoms with van der Waals surface area (Å²) in [5, 5.41) is 0. The molecule has 114 valence electrons. The lowest BCUT2D eigenvalue weighted by Gasteiger charge is -2.32. The summed E-state index contributed by atoms with van der Waals surface area (Å²) in [5.74, 6) is -0.175. The average molecular weight is 301 g/mol. The van der Waals surface area contributed by atoms with Crippen molar-refractivity contribution in [1.82, 2.24) is 14.9 Å². The Morgan fingerprint density at radius 3 is 2.86 bits per heavy atom. The molecule has 1 aliphatic heterocycles. The van der Waals surface area contributed by atoms with Crippen molar-refractivity contribution < 1.29 is 13.9 Å². The van der Waals surface area contributed by atoms with Crippen molar-refractivity contribution in [2.45, 2.75) is 18.9 Å². The summed E-state index contributed by atoms with van der Waals surface area (Å²) < 4.78 is 10.4. The predicted octanol–water partition coefficient (Wildman–Crippen LogP) is 1.11. The highest BCUT2D eigenvalue weighted by atomic mass is 16.5. The van der Waals surface area contributed by atoms with E-state index in [0.717, 1.165) is 12.8 Å². The average Bonchev–Trinajstić information content (AvgIpc) is 2.56. The number of carbonyl (C=O) groups excluding carboxylic acids is 1. The van der Waals surface area contributed by atoms with Crippen molar-refractivity contribution >= 4 is 5.91 Å². The first-order valence-corrected chi connectivity index (χ1v) is 7.04. The molecular weight excluding hydrogens is 286 g/mol. The molecule has 22 heavy (non-hydrogen) atoms. The van der Waals surface area contributed by atoms with Gasteiger partial charge in [-0.25, -0.2) is 14.8 Å². The van der Waals surface area contributed by atoms with E-state index >= 15 is 0 Å². The van der Waals surface area contributed by atoms with E-state index in [4.69, 9.17) is 9.15 Å². The lowest BCUT2D eigenvalue weighted by atomic mass is 10.1. The van der Waals surface area contributed by atoms with E-state index in [9.17, 15) is 9.59 Å². The number of likely N-dealkylation sites (tertiary alicyclic amines) is 1. The van der Waals surface area contributed by atoms with Crippen LogP contribution in [0.15, 0.2) is 46.1 Å². The van der Waals surface area contributed by atoms with Crippen LogP contribution in [-0.4, -0.2) is 40.0 Å². The molecular formula is C15H15N3O4. The van der Waals surface area contributed by atoms with E-state index in [2.05, 4.69) is 9.97 Å². The minimum Gasteiger partial charge on any atom is -0.458 e. The van der Waals surface area contributed by atoms with Crippen molar-refractivity contribution in [2.24, 2.45) is 0 Å². The Morgan fingerprint density at radius 2 is 2.14 bits per heavy atom. The van der Waals surface area contributed by atoms with E-state index in [-0.39, 0.29) is 12.0 Å². The molecule has 0 radical (unpaired) electrons. The van der Waals surface area contributed by atoms with Gasteiger partial charge in [-0.2, -0.15) is 0 Å². The Morgan fingerprint density at radius 1 is 1.32 bits per heavy atom. The molecule has 0 N–H and O–H groups in total. The van der Waals surface area contributed by atoms with Crippen LogP contribution in [0.3, 0.4) is 0 Å². The Hall–Kier alpha value is -2.70. The summed E-state index contributed by atoms with van der Waals surface area (Å²) in [7, 11) is 0. The molecule has 1 fully saturated rings. The highest BCUT2D eigenvalue weighted by Gasteiger charge is 2.26. The third-order valence-electron chi connectivity index (χ3n) is 3.43. The number of piperidine rings is 1. The summed E-state index contributed by atoms with van der Waals surface area (Å²) in [4.78, 5) is 33.1. The van der Waals surface area contributed by atoms with Crippen LogP contribution in [0.1, 0.15) is 23.2 Å². The fourth-order valence-corrected chi connectivity index (χ4v) is 2.38. The lowest BCUT2D eigenvalue weighted by molar-refractivity contribution is 0.0513. The first-order chi connectivity index (χ1) is 10.7.